The maximum atomic E-state index is 12.5. The molecule has 1 aromatic heterocycles. The summed E-state index contributed by atoms with van der Waals surface area (Å²) in [7, 11) is 0. The van der Waals surface area contributed by atoms with Gasteiger partial charge in [0.25, 0.3) is 0 Å². The summed E-state index contributed by atoms with van der Waals surface area (Å²) in [4.78, 5) is 25.0. The summed E-state index contributed by atoms with van der Waals surface area (Å²) < 4.78 is 18.2. The second-order valence-corrected chi connectivity index (χ2v) is 11.5. The van der Waals surface area contributed by atoms with Crippen molar-refractivity contribution in [3.63, 3.8) is 0 Å². The summed E-state index contributed by atoms with van der Waals surface area (Å²) in [5.41, 5.74) is 5.40. The van der Waals surface area contributed by atoms with Crippen molar-refractivity contribution >= 4 is 49.6 Å². The van der Waals surface area contributed by atoms with Crippen LogP contribution in [0.25, 0.3) is 22.5 Å². The van der Waals surface area contributed by atoms with Crippen molar-refractivity contribution in [3.8, 4) is 22.5 Å². The van der Waals surface area contributed by atoms with Gasteiger partial charge in [0.2, 0.25) is 0 Å². The Morgan fingerprint density at radius 2 is 1.52 bits per heavy atom. The number of carbonyl (C=O) groups is 2. The molecule has 0 spiro atoms. The van der Waals surface area contributed by atoms with Crippen molar-refractivity contribution in [2.45, 2.75) is 38.5 Å². The molecule has 0 bridgehead atoms. The zero-order chi connectivity index (χ0) is 28.3. The number of nitrogens with one attached hydrogen (secondary N) is 1. The fourth-order valence-corrected chi connectivity index (χ4v) is 6.06. The van der Waals surface area contributed by atoms with Gasteiger partial charge in [0, 0.05) is 20.9 Å². The number of carbonyl (C=O) groups excluding carboxylic acids is 2. The van der Waals surface area contributed by atoms with E-state index in [1.54, 1.807) is 6.92 Å². The summed E-state index contributed by atoms with van der Waals surface area (Å²) in [6, 6.07) is 21.8. The maximum Gasteiger partial charge on any atom is 0.411 e. The monoisotopic (exact) mass is 666 g/mol. The highest BCUT2D eigenvalue weighted by molar-refractivity contribution is 9.11. The lowest BCUT2D eigenvalue weighted by molar-refractivity contribution is -0.146. The number of anilines is 1. The van der Waals surface area contributed by atoms with Gasteiger partial charge in [-0.05, 0) is 67.1 Å². The predicted octanol–water partition coefficient (Wildman–Crippen LogP) is 8.23. The largest absolute Gasteiger partial charge is 0.465 e. The summed E-state index contributed by atoms with van der Waals surface area (Å²) in [5.74, 6) is 0.317. The van der Waals surface area contributed by atoms with Gasteiger partial charge in [-0.15, -0.1) is 0 Å². The fraction of sp³-hybridized carbons (Fsp3) is 0.258. The van der Waals surface area contributed by atoms with Crippen molar-refractivity contribution in [2.75, 3.05) is 18.5 Å². The van der Waals surface area contributed by atoms with Crippen LogP contribution < -0.4 is 5.32 Å². The predicted molar refractivity (Wildman–Crippen MR) is 160 cm³/mol. The van der Waals surface area contributed by atoms with Crippen LogP contribution in [-0.4, -0.2) is 30.4 Å². The molecular formula is C31H28Br2N2O5. The zero-order valence-corrected chi connectivity index (χ0v) is 25.3. The van der Waals surface area contributed by atoms with Crippen molar-refractivity contribution in [3.05, 3.63) is 92.5 Å². The molecule has 0 atom stereocenters. The number of ether oxygens (including phenoxy) is 2. The van der Waals surface area contributed by atoms with Crippen LogP contribution in [0.5, 0.6) is 0 Å². The molecule has 1 amide bonds. The summed E-state index contributed by atoms with van der Waals surface area (Å²) >= 11 is 6.94. The molecule has 0 aliphatic heterocycles. The minimum absolute atomic E-state index is 0.138. The molecule has 1 heterocycles. The number of amides is 1. The molecule has 0 unspecified atom stereocenters. The van der Waals surface area contributed by atoms with E-state index in [0.717, 1.165) is 49.6 Å². The molecule has 206 valence electrons. The molecule has 5 rings (SSSR count). The number of hydrogen-bond donors (Lipinski definition) is 1. The molecule has 9 heteroatoms. The summed E-state index contributed by atoms with van der Waals surface area (Å²) in [6.07, 6.45) is 1.65. The first-order chi connectivity index (χ1) is 19.3. The second-order valence-electron chi connectivity index (χ2n) is 9.72. The Bertz CT molecular complexity index is 1510. The third-order valence-corrected chi connectivity index (χ3v) is 7.89. The van der Waals surface area contributed by atoms with E-state index in [2.05, 4.69) is 42.3 Å². The zero-order valence-electron chi connectivity index (χ0n) is 22.1. The Morgan fingerprint density at radius 1 is 0.925 bits per heavy atom. The van der Waals surface area contributed by atoms with Crippen LogP contribution in [-0.2, 0) is 26.1 Å². The quantitative estimate of drug-likeness (QED) is 0.181. The van der Waals surface area contributed by atoms with Crippen LogP contribution in [0.3, 0.4) is 0 Å². The first-order valence-electron chi connectivity index (χ1n) is 13.0. The Morgan fingerprint density at radius 3 is 2.12 bits per heavy atom. The van der Waals surface area contributed by atoms with Crippen LogP contribution >= 0.6 is 31.9 Å². The molecule has 1 saturated carbocycles. The summed E-state index contributed by atoms with van der Waals surface area (Å²) in [6.45, 7) is 4.21. The Labute approximate surface area is 249 Å². The number of rotatable bonds is 9. The first kappa shape index (κ1) is 28.1. The van der Waals surface area contributed by atoms with Gasteiger partial charge in [0.1, 0.15) is 11.4 Å². The average molecular weight is 668 g/mol. The van der Waals surface area contributed by atoms with E-state index in [0.29, 0.717) is 30.2 Å². The SMILES string of the molecule is CCOC(=O)C1(c2ccc(-c3ccc(-c4onc(C)c4NC(=O)OCCc4cc(Br)cc(Br)c4)cc3)cc2)CC1. The van der Waals surface area contributed by atoms with E-state index < -0.39 is 11.5 Å². The minimum atomic E-state index is -0.574. The lowest BCUT2D eigenvalue weighted by Gasteiger charge is -2.14. The molecule has 40 heavy (non-hydrogen) atoms. The fourth-order valence-electron chi connectivity index (χ4n) is 4.67. The number of aryl methyl sites for hydroxylation is 1. The van der Waals surface area contributed by atoms with Gasteiger partial charge in [-0.25, -0.2) is 4.79 Å². The lowest BCUT2D eigenvalue weighted by atomic mass is 9.93. The molecule has 3 aromatic carbocycles. The number of halogens is 2. The topological polar surface area (TPSA) is 90.7 Å². The van der Waals surface area contributed by atoms with Crippen molar-refractivity contribution in [2.24, 2.45) is 0 Å². The summed E-state index contributed by atoms with van der Waals surface area (Å²) in [5, 5.41) is 6.83. The van der Waals surface area contributed by atoms with E-state index in [4.69, 9.17) is 14.0 Å². The van der Waals surface area contributed by atoms with Crippen LogP contribution in [0, 0.1) is 6.92 Å². The number of esters is 1. The van der Waals surface area contributed by atoms with Crippen molar-refractivity contribution < 1.29 is 23.6 Å². The number of benzene rings is 3. The minimum Gasteiger partial charge on any atom is -0.465 e. The molecule has 4 aromatic rings. The second kappa shape index (κ2) is 12.0. The van der Waals surface area contributed by atoms with E-state index in [1.807, 2.05) is 73.7 Å². The maximum absolute atomic E-state index is 12.5. The standard InChI is InChI=1S/C31H28Br2N2O5/c1-3-38-29(36)31(13-14-31)24-10-8-22(9-11-24)21-4-6-23(7-5-21)28-27(19(2)35-40-28)34-30(37)39-15-12-20-16-25(32)18-26(33)17-20/h4-11,16-18H,3,12-15H2,1-2H3,(H,34,37). The van der Waals surface area contributed by atoms with Crippen LogP contribution in [0.15, 0.2) is 80.2 Å². The third kappa shape index (κ3) is 6.15. The molecule has 7 nitrogen and oxygen atoms in total. The van der Waals surface area contributed by atoms with Crippen LogP contribution in [0.2, 0.25) is 0 Å². The highest BCUT2D eigenvalue weighted by atomic mass is 79.9. The molecule has 1 aliphatic rings. The molecule has 1 fully saturated rings. The van der Waals surface area contributed by atoms with Gasteiger partial charge >= 0.3 is 12.1 Å². The van der Waals surface area contributed by atoms with Gasteiger partial charge in [-0.3, -0.25) is 10.1 Å². The first-order valence-corrected chi connectivity index (χ1v) is 14.6. The normalized spacial score (nSPS) is 13.5. The van der Waals surface area contributed by atoms with Crippen molar-refractivity contribution in [1.29, 1.82) is 0 Å². The van der Waals surface area contributed by atoms with Crippen LogP contribution in [0.1, 0.15) is 36.6 Å². The molecule has 1 aliphatic carbocycles. The van der Waals surface area contributed by atoms with E-state index in [-0.39, 0.29) is 12.6 Å². The lowest BCUT2D eigenvalue weighted by Crippen LogP contribution is -2.23. The Balaban J connectivity index is 1.23. The van der Waals surface area contributed by atoms with Gasteiger partial charge in [0.05, 0.1) is 18.6 Å². The average Bonchev–Trinajstić information content (AvgIpc) is 3.67. The van der Waals surface area contributed by atoms with E-state index in [1.165, 1.54) is 0 Å². The van der Waals surface area contributed by atoms with Gasteiger partial charge < -0.3 is 14.0 Å². The molecule has 1 N–H and O–H groups in total. The number of hydrogen-bond acceptors (Lipinski definition) is 6. The van der Waals surface area contributed by atoms with Gasteiger partial charge in [0.15, 0.2) is 5.76 Å². The van der Waals surface area contributed by atoms with Gasteiger partial charge in [-0.1, -0.05) is 85.5 Å². The highest BCUT2D eigenvalue weighted by Gasteiger charge is 2.52. The highest BCUT2D eigenvalue weighted by Crippen LogP contribution is 2.49. The third-order valence-electron chi connectivity index (χ3n) is 6.97. The number of nitrogens with zero attached hydrogens (tertiary/aromatic N) is 1. The Kier molecular flexibility index (Phi) is 8.42. The molecule has 0 saturated heterocycles. The van der Waals surface area contributed by atoms with Crippen molar-refractivity contribution in [1.82, 2.24) is 5.16 Å². The van der Waals surface area contributed by atoms with Gasteiger partial charge in [-0.2, -0.15) is 0 Å². The van der Waals surface area contributed by atoms with Crippen LogP contribution in [0.4, 0.5) is 10.5 Å². The smallest absolute Gasteiger partial charge is 0.411 e. The van der Waals surface area contributed by atoms with E-state index >= 15 is 0 Å². The molecule has 0 radical (unpaired) electrons. The van der Waals surface area contributed by atoms with E-state index in [9.17, 15) is 9.59 Å². The molecular weight excluding hydrogens is 640 g/mol. The number of aromatic nitrogens is 1. The Hall–Kier alpha value is -3.43.